The van der Waals surface area contributed by atoms with Crippen LogP contribution in [0.5, 0.6) is 0 Å². The van der Waals surface area contributed by atoms with Gasteiger partial charge < -0.3 is 10.4 Å². The van der Waals surface area contributed by atoms with E-state index in [9.17, 15) is 9.59 Å². The van der Waals surface area contributed by atoms with Crippen LogP contribution in [0.4, 0.5) is 0 Å². The van der Waals surface area contributed by atoms with Gasteiger partial charge in [0, 0.05) is 5.92 Å². The Bertz CT molecular complexity index is 290. The summed E-state index contributed by atoms with van der Waals surface area (Å²) in [5.74, 6) is -1.23. The van der Waals surface area contributed by atoms with Crippen molar-refractivity contribution in [1.29, 1.82) is 0 Å². The Morgan fingerprint density at radius 2 is 2.00 bits per heavy atom. The fourth-order valence-corrected chi connectivity index (χ4v) is 1.50. The fourth-order valence-electron chi connectivity index (χ4n) is 1.50. The summed E-state index contributed by atoms with van der Waals surface area (Å²) in [6, 6.07) is 0. The first-order chi connectivity index (χ1) is 6.99. The first kappa shape index (κ1) is 11.8. The molecule has 0 aromatic heterocycles. The molecule has 1 aliphatic rings. The second-order valence-electron chi connectivity index (χ2n) is 4.12. The zero-order chi connectivity index (χ0) is 11.5. The standard InChI is InChI=1S/C11H17NO3/c1-3-11(2,10(14)15)12-9(13)8-6-4-5-7-8/h4-5,8H,3,6-7H2,1-2H3,(H,12,13)(H,14,15). The number of carboxylic acids is 1. The number of rotatable bonds is 4. The predicted molar refractivity (Wildman–Crippen MR) is 56.3 cm³/mol. The molecule has 1 aliphatic carbocycles. The number of hydrogen-bond acceptors (Lipinski definition) is 2. The van der Waals surface area contributed by atoms with Gasteiger partial charge in [-0.25, -0.2) is 4.79 Å². The molecule has 0 aromatic rings. The van der Waals surface area contributed by atoms with E-state index in [0.717, 1.165) is 0 Å². The van der Waals surface area contributed by atoms with Gasteiger partial charge in [-0.3, -0.25) is 4.79 Å². The van der Waals surface area contributed by atoms with Crippen LogP contribution in [0.25, 0.3) is 0 Å². The number of hydrogen-bond donors (Lipinski definition) is 2. The smallest absolute Gasteiger partial charge is 0.329 e. The summed E-state index contributed by atoms with van der Waals surface area (Å²) in [4.78, 5) is 22.7. The number of amides is 1. The molecule has 0 saturated carbocycles. The molecule has 0 saturated heterocycles. The Balaban J connectivity index is 2.59. The van der Waals surface area contributed by atoms with Crippen molar-refractivity contribution in [3.8, 4) is 0 Å². The van der Waals surface area contributed by atoms with Gasteiger partial charge in [-0.05, 0) is 26.2 Å². The number of allylic oxidation sites excluding steroid dienone is 2. The number of carbonyl (C=O) groups excluding carboxylic acids is 1. The third kappa shape index (κ3) is 2.58. The van der Waals surface area contributed by atoms with Crippen LogP contribution in [0.2, 0.25) is 0 Å². The summed E-state index contributed by atoms with van der Waals surface area (Å²) in [6.45, 7) is 3.29. The highest BCUT2D eigenvalue weighted by molar-refractivity contribution is 5.88. The van der Waals surface area contributed by atoms with Gasteiger partial charge in [-0.15, -0.1) is 0 Å². The van der Waals surface area contributed by atoms with E-state index in [1.54, 1.807) is 6.92 Å². The first-order valence-corrected chi connectivity index (χ1v) is 5.20. The van der Waals surface area contributed by atoms with Crippen LogP contribution in [-0.2, 0) is 9.59 Å². The molecule has 1 rings (SSSR count). The minimum absolute atomic E-state index is 0.0878. The molecule has 0 radical (unpaired) electrons. The van der Waals surface area contributed by atoms with Crippen LogP contribution in [0, 0.1) is 5.92 Å². The molecule has 1 unspecified atom stereocenters. The lowest BCUT2D eigenvalue weighted by Gasteiger charge is -2.26. The van der Waals surface area contributed by atoms with E-state index in [1.165, 1.54) is 6.92 Å². The Labute approximate surface area is 89.4 Å². The molecule has 0 aromatic carbocycles. The lowest BCUT2D eigenvalue weighted by molar-refractivity contribution is -0.147. The Hall–Kier alpha value is -1.32. The van der Waals surface area contributed by atoms with Crippen LogP contribution < -0.4 is 5.32 Å². The topological polar surface area (TPSA) is 66.4 Å². The summed E-state index contributed by atoms with van der Waals surface area (Å²) >= 11 is 0. The molecular formula is C11H17NO3. The minimum Gasteiger partial charge on any atom is -0.480 e. The van der Waals surface area contributed by atoms with Crippen molar-refractivity contribution in [3.63, 3.8) is 0 Å². The maximum Gasteiger partial charge on any atom is 0.329 e. The molecule has 84 valence electrons. The van der Waals surface area contributed by atoms with Gasteiger partial charge in [0.05, 0.1) is 0 Å². The average molecular weight is 211 g/mol. The van der Waals surface area contributed by atoms with E-state index >= 15 is 0 Å². The van der Waals surface area contributed by atoms with E-state index in [4.69, 9.17) is 5.11 Å². The van der Waals surface area contributed by atoms with Crippen molar-refractivity contribution in [2.45, 2.75) is 38.6 Å². The van der Waals surface area contributed by atoms with Gasteiger partial charge in [0.25, 0.3) is 0 Å². The average Bonchev–Trinajstić information content (AvgIpc) is 2.70. The van der Waals surface area contributed by atoms with Gasteiger partial charge in [-0.2, -0.15) is 0 Å². The zero-order valence-electron chi connectivity index (χ0n) is 9.12. The Morgan fingerprint density at radius 1 is 1.47 bits per heavy atom. The molecule has 1 atom stereocenters. The van der Waals surface area contributed by atoms with Crippen molar-refractivity contribution in [3.05, 3.63) is 12.2 Å². The highest BCUT2D eigenvalue weighted by atomic mass is 16.4. The molecule has 0 aliphatic heterocycles. The SMILES string of the molecule is CCC(C)(NC(=O)C1CC=CC1)C(=O)O. The number of aliphatic carboxylic acids is 1. The van der Waals surface area contributed by atoms with Crippen LogP contribution in [-0.4, -0.2) is 22.5 Å². The fraction of sp³-hybridized carbons (Fsp3) is 0.636. The summed E-state index contributed by atoms with van der Waals surface area (Å²) in [6.07, 6.45) is 5.72. The maximum atomic E-state index is 11.7. The molecular weight excluding hydrogens is 194 g/mol. The summed E-state index contributed by atoms with van der Waals surface area (Å²) < 4.78 is 0. The van der Waals surface area contributed by atoms with E-state index in [-0.39, 0.29) is 11.8 Å². The second-order valence-corrected chi connectivity index (χ2v) is 4.12. The molecule has 0 heterocycles. The molecule has 4 nitrogen and oxygen atoms in total. The van der Waals surface area contributed by atoms with E-state index in [0.29, 0.717) is 19.3 Å². The molecule has 4 heteroatoms. The van der Waals surface area contributed by atoms with E-state index in [2.05, 4.69) is 5.32 Å². The largest absolute Gasteiger partial charge is 0.480 e. The molecule has 1 amide bonds. The number of carbonyl (C=O) groups is 2. The van der Waals surface area contributed by atoms with Crippen molar-refractivity contribution in [2.24, 2.45) is 5.92 Å². The normalized spacial score (nSPS) is 19.9. The molecule has 0 bridgehead atoms. The van der Waals surface area contributed by atoms with E-state index in [1.807, 2.05) is 12.2 Å². The number of carboxylic acid groups (broad SMARTS) is 1. The lowest BCUT2D eigenvalue weighted by Crippen LogP contribution is -2.53. The highest BCUT2D eigenvalue weighted by Gasteiger charge is 2.34. The lowest BCUT2D eigenvalue weighted by atomic mass is 9.97. The molecule has 0 fully saturated rings. The third-order valence-electron chi connectivity index (χ3n) is 2.96. The molecule has 0 spiro atoms. The Kier molecular flexibility index (Phi) is 3.50. The van der Waals surface area contributed by atoms with Gasteiger partial charge in [-0.1, -0.05) is 19.1 Å². The molecule has 15 heavy (non-hydrogen) atoms. The third-order valence-corrected chi connectivity index (χ3v) is 2.96. The second kappa shape index (κ2) is 4.47. The maximum absolute atomic E-state index is 11.7. The Morgan fingerprint density at radius 3 is 2.40 bits per heavy atom. The van der Waals surface area contributed by atoms with Crippen LogP contribution in [0.3, 0.4) is 0 Å². The van der Waals surface area contributed by atoms with E-state index < -0.39 is 11.5 Å². The number of nitrogens with one attached hydrogen (secondary N) is 1. The van der Waals surface area contributed by atoms with Crippen molar-refractivity contribution < 1.29 is 14.7 Å². The van der Waals surface area contributed by atoms with Crippen LogP contribution in [0.1, 0.15) is 33.1 Å². The van der Waals surface area contributed by atoms with Crippen molar-refractivity contribution in [1.82, 2.24) is 5.32 Å². The minimum atomic E-state index is -1.14. The zero-order valence-corrected chi connectivity index (χ0v) is 9.12. The van der Waals surface area contributed by atoms with Crippen molar-refractivity contribution in [2.75, 3.05) is 0 Å². The van der Waals surface area contributed by atoms with Gasteiger partial charge in [0.1, 0.15) is 5.54 Å². The van der Waals surface area contributed by atoms with Gasteiger partial charge >= 0.3 is 5.97 Å². The van der Waals surface area contributed by atoms with Gasteiger partial charge in [0.2, 0.25) is 5.91 Å². The summed E-state index contributed by atoms with van der Waals surface area (Å²) in [7, 11) is 0. The summed E-state index contributed by atoms with van der Waals surface area (Å²) in [5, 5.41) is 11.6. The van der Waals surface area contributed by atoms with Gasteiger partial charge in [0.15, 0.2) is 0 Å². The van der Waals surface area contributed by atoms with Crippen molar-refractivity contribution >= 4 is 11.9 Å². The monoisotopic (exact) mass is 211 g/mol. The highest BCUT2D eigenvalue weighted by Crippen LogP contribution is 2.19. The first-order valence-electron chi connectivity index (χ1n) is 5.20. The van der Waals surface area contributed by atoms with Crippen LogP contribution in [0.15, 0.2) is 12.2 Å². The summed E-state index contributed by atoms with van der Waals surface area (Å²) in [5.41, 5.74) is -1.14. The van der Waals surface area contributed by atoms with Crippen LogP contribution >= 0.6 is 0 Å². The quantitative estimate of drug-likeness (QED) is 0.689. The molecule has 2 N–H and O–H groups in total. The predicted octanol–water partition coefficient (Wildman–Crippen LogP) is 1.32.